The zero-order valence-electron chi connectivity index (χ0n) is 7.63. The molecule has 2 nitrogen and oxygen atoms in total. The molecule has 0 saturated heterocycles. The van der Waals surface area contributed by atoms with E-state index < -0.39 is 0 Å². The molecule has 2 rings (SSSR count). The molecule has 70 valence electrons. The summed E-state index contributed by atoms with van der Waals surface area (Å²) in [4.78, 5) is 0. The van der Waals surface area contributed by atoms with E-state index in [0.29, 0.717) is 5.92 Å². The summed E-state index contributed by atoms with van der Waals surface area (Å²) in [5, 5.41) is 10.3. The van der Waals surface area contributed by atoms with Gasteiger partial charge >= 0.3 is 0 Å². The van der Waals surface area contributed by atoms with Crippen molar-refractivity contribution in [2.75, 3.05) is 0 Å². The lowest BCUT2D eigenvalue weighted by Gasteiger charge is -2.45. The van der Waals surface area contributed by atoms with Crippen LogP contribution in [0.25, 0.3) is 0 Å². The number of hydrogen-bond acceptors (Lipinski definition) is 2. The van der Waals surface area contributed by atoms with Crippen LogP contribution < -0.4 is 5.73 Å². The first-order valence-electron chi connectivity index (χ1n) is 5.19. The van der Waals surface area contributed by atoms with Crippen molar-refractivity contribution in [2.45, 2.75) is 56.6 Å². The molecule has 2 saturated carbocycles. The summed E-state index contributed by atoms with van der Waals surface area (Å²) in [6.45, 7) is 0. The maximum atomic E-state index is 10.3. The average Bonchev–Trinajstić information content (AvgIpc) is 1.79. The predicted octanol–water partition coefficient (Wildman–Crippen LogP) is 1.42. The molecule has 2 heteroatoms. The molecule has 12 heavy (non-hydrogen) atoms. The van der Waals surface area contributed by atoms with Crippen molar-refractivity contribution in [1.82, 2.24) is 0 Å². The summed E-state index contributed by atoms with van der Waals surface area (Å²) in [5.41, 5.74) is 5.49. The molecule has 0 spiro atoms. The minimum atomic E-state index is -0.379. The highest BCUT2D eigenvalue weighted by molar-refractivity contribution is 4.96. The predicted molar refractivity (Wildman–Crippen MR) is 48.7 cm³/mol. The summed E-state index contributed by atoms with van der Waals surface area (Å²) >= 11 is 0. The molecule has 2 atom stereocenters. The molecule has 0 radical (unpaired) electrons. The van der Waals surface area contributed by atoms with E-state index >= 15 is 0 Å². The largest absolute Gasteiger partial charge is 0.390 e. The van der Waals surface area contributed by atoms with Crippen LogP contribution in [0.1, 0.15) is 44.9 Å². The Morgan fingerprint density at radius 2 is 1.92 bits per heavy atom. The Morgan fingerprint density at radius 1 is 1.17 bits per heavy atom. The third-order valence-corrected chi connectivity index (χ3v) is 3.67. The van der Waals surface area contributed by atoms with E-state index in [4.69, 9.17) is 5.73 Å². The second-order valence-corrected chi connectivity index (χ2v) is 4.59. The van der Waals surface area contributed by atoms with Crippen molar-refractivity contribution < 1.29 is 5.11 Å². The smallest absolute Gasteiger partial charge is 0.0690 e. The van der Waals surface area contributed by atoms with Crippen LogP contribution in [0.2, 0.25) is 0 Å². The van der Waals surface area contributed by atoms with Crippen molar-refractivity contribution in [1.29, 1.82) is 0 Å². The summed E-state index contributed by atoms with van der Waals surface area (Å²) in [6.07, 6.45) is 7.82. The molecule has 0 amide bonds. The molecule has 3 N–H and O–H groups in total. The van der Waals surface area contributed by atoms with Crippen molar-refractivity contribution in [3.8, 4) is 0 Å². The second-order valence-electron chi connectivity index (χ2n) is 4.59. The highest BCUT2D eigenvalue weighted by atomic mass is 16.3. The Bertz CT molecular complexity index is 167. The molecule has 2 aliphatic carbocycles. The minimum Gasteiger partial charge on any atom is -0.390 e. The van der Waals surface area contributed by atoms with E-state index in [0.717, 1.165) is 25.7 Å². The number of rotatable bonds is 1. The Balaban J connectivity index is 1.97. The van der Waals surface area contributed by atoms with Gasteiger partial charge in [-0.15, -0.1) is 0 Å². The van der Waals surface area contributed by atoms with Gasteiger partial charge in [0.05, 0.1) is 5.60 Å². The van der Waals surface area contributed by atoms with Gasteiger partial charge in [0.15, 0.2) is 0 Å². The Kier molecular flexibility index (Phi) is 2.13. The lowest BCUT2D eigenvalue weighted by atomic mass is 9.66. The fourth-order valence-corrected chi connectivity index (χ4v) is 2.64. The number of aliphatic hydroxyl groups is 1. The Hall–Kier alpha value is -0.0800. The summed E-state index contributed by atoms with van der Waals surface area (Å²) in [6, 6.07) is 0.254. The maximum Gasteiger partial charge on any atom is 0.0690 e. The molecule has 0 bridgehead atoms. The summed E-state index contributed by atoms with van der Waals surface area (Å²) in [7, 11) is 0. The molecule has 0 aromatic rings. The standard InChI is InChI=1S/C10H19NO/c11-9-5-2-6-10(12,7-9)8-3-1-4-8/h8-9,12H,1-7,11H2. The van der Waals surface area contributed by atoms with Gasteiger partial charge in [-0.3, -0.25) is 0 Å². The van der Waals surface area contributed by atoms with Gasteiger partial charge in [-0.05, 0) is 44.4 Å². The van der Waals surface area contributed by atoms with Crippen LogP contribution >= 0.6 is 0 Å². The fraction of sp³-hybridized carbons (Fsp3) is 1.00. The SMILES string of the molecule is NC1CCCC(O)(C2CCC2)C1. The quantitative estimate of drug-likeness (QED) is 0.623. The molecule has 0 aromatic heterocycles. The fourth-order valence-electron chi connectivity index (χ4n) is 2.64. The van der Waals surface area contributed by atoms with Gasteiger partial charge in [-0.25, -0.2) is 0 Å². The van der Waals surface area contributed by atoms with Crippen LogP contribution in [0.3, 0.4) is 0 Å². The van der Waals surface area contributed by atoms with Crippen LogP contribution in [0.5, 0.6) is 0 Å². The topological polar surface area (TPSA) is 46.2 Å². The molecular weight excluding hydrogens is 150 g/mol. The maximum absolute atomic E-state index is 10.3. The van der Waals surface area contributed by atoms with Gasteiger partial charge in [0.25, 0.3) is 0 Å². The highest BCUT2D eigenvalue weighted by Crippen LogP contribution is 2.43. The van der Waals surface area contributed by atoms with E-state index in [9.17, 15) is 5.11 Å². The van der Waals surface area contributed by atoms with Gasteiger partial charge in [-0.1, -0.05) is 6.42 Å². The molecule has 2 aliphatic rings. The Labute approximate surface area is 74.1 Å². The number of hydrogen-bond donors (Lipinski definition) is 2. The molecule has 2 unspecified atom stereocenters. The highest BCUT2D eigenvalue weighted by Gasteiger charge is 2.42. The number of nitrogens with two attached hydrogens (primary N) is 1. The van der Waals surface area contributed by atoms with Crippen molar-refractivity contribution in [2.24, 2.45) is 11.7 Å². The van der Waals surface area contributed by atoms with E-state index in [2.05, 4.69) is 0 Å². The summed E-state index contributed by atoms with van der Waals surface area (Å²) < 4.78 is 0. The molecule has 0 heterocycles. The monoisotopic (exact) mass is 169 g/mol. The zero-order valence-corrected chi connectivity index (χ0v) is 7.63. The molecule has 0 aromatic carbocycles. The average molecular weight is 169 g/mol. The van der Waals surface area contributed by atoms with Crippen LogP contribution in [0.4, 0.5) is 0 Å². The van der Waals surface area contributed by atoms with Gasteiger partial charge < -0.3 is 10.8 Å². The van der Waals surface area contributed by atoms with E-state index in [1.54, 1.807) is 0 Å². The van der Waals surface area contributed by atoms with Gasteiger partial charge in [0, 0.05) is 6.04 Å². The van der Waals surface area contributed by atoms with Crippen LogP contribution in [0, 0.1) is 5.92 Å². The molecule has 0 aliphatic heterocycles. The lowest BCUT2D eigenvalue weighted by Crippen LogP contribution is -2.48. The van der Waals surface area contributed by atoms with Gasteiger partial charge in [0.2, 0.25) is 0 Å². The zero-order chi connectivity index (χ0) is 8.60. The van der Waals surface area contributed by atoms with E-state index in [1.807, 2.05) is 0 Å². The van der Waals surface area contributed by atoms with Crippen molar-refractivity contribution in [3.63, 3.8) is 0 Å². The molecular formula is C10H19NO. The summed E-state index contributed by atoms with van der Waals surface area (Å²) in [5.74, 6) is 0.573. The van der Waals surface area contributed by atoms with Gasteiger partial charge in [0.1, 0.15) is 0 Å². The Morgan fingerprint density at radius 3 is 2.42 bits per heavy atom. The first kappa shape index (κ1) is 8.52. The van der Waals surface area contributed by atoms with E-state index in [-0.39, 0.29) is 11.6 Å². The first-order valence-corrected chi connectivity index (χ1v) is 5.19. The van der Waals surface area contributed by atoms with Crippen LogP contribution in [0.15, 0.2) is 0 Å². The van der Waals surface area contributed by atoms with Gasteiger partial charge in [-0.2, -0.15) is 0 Å². The second kappa shape index (κ2) is 3.00. The normalized spacial score (nSPS) is 44.0. The van der Waals surface area contributed by atoms with Crippen molar-refractivity contribution in [3.05, 3.63) is 0 Å². The molecule has 2 fully saturated rings. The van der Waals surface area contributed by atoms with Crippen LogP contribution in [-0.2, 0) is 0 Å². The minimum absolute atomic E-state index is 0.254. The first-order chi connectivity index (χ1) is 5.71. The third-order valence-electron chi connectivity index (χ3n) is 3.67. The lowest BCUT2D eigenvalue weighted by molar-refractivity contribution is -0.0806. The van der Waals surface area contributed by atoms with Crippen molar-refractivity contribution >= 4 is 0 Å². The van der Waals surface area contributed by atoms with Crippen LogP contribution in [-0.4, -0.2) is 16.7 Å². The van der Waals surface area contributed by atoms with E-state index in [1.165, 1.54) is 19.3 Å². The third kappa shape index (κ3) is 1.38.